The highest BCUT2D eigenvalue weighted by Crippen LogP contribution is 2.21. The average Bonchev–Trinajstić information content (AvgIpc) is 2.64. The van der Waals surface area contributed by atoms with Crippen molar-refractivity contribution >= 4 is 38.9 Å². The van der Waals surface area contributed by atoms with Crippen LogP contribution in [0.2, 0.25) is 5.02 Å². The number of hydrogen-bond donors (Lipinski definition) is 2. The van der Waals surface area contributed by atoms with E-state index in [4.69, 9.17) is 11.6 Å². The molecule has 0 aliphatic heterocycles. The highest BCUT2D eigenvalue weighted by molar-refractivity contribution is 7.92. The number of halogens is 1. The molecule has 5 nitrogen and oxygen atoms in total. The number of sulfonamides is 1. The third-order valence-electron chi connectivity index (χ3n) is 4.11. The first-order valence-electron chi connectivity index (χ1n) is 8.52. The van der Waals surface area contributed by atoms with Crippen molar-refractivity contribution in [3.63, 3.8) is 0 Å². The van der Waals surface area contributed by atoms with Crippen LogP contribution in [0.15, 0.2) is 71.6 Å². The van der Waals surface area contributed by atoms with E-state index in [1.54, 1.807) is 24.3 Å². The van der Waals surface area contributed by atoms with E-state index >= 15 is 0 Å². The SMILES string of the molecule is Cc1ccc(NC(=O)c2cccc(S(=O)(=O)Nc3cccc(Cl)c3)c2)c(C)c1. The van der Waals surface area contributed by atoms with Crippen molar-refractivity contribution in [1.82, 2.24) is 0 Å². The zero-order valence-corrected chi connectivity index (χ0v) is 16.9. The first kappa shape index (κ1) is 19.9. The number of anilines is 2. The van der Waals surface area contributed by atoms with Crippen molar-refractivity contribution in [2.24, 2.45) is 0 Å². The Labute approximate surface area is 169 Å². The summed E-state index contributed by atoms with van der Waals surface area (Å²) in [6.45, 7) is 3.87. The van der Waals surface area contributed by atoms with Crippen LogP contribution in [0.4, 0.5) is 11.4 Å². The van der Waals surface area contributed by atoms with Crippen LogP contribution in [0.3, 0.4) is 0 Å². The number of rotatable bonds is 5. The van der Waals surface area contributed by atoms with Gasteiger partial charge in [0.05, 0.1) is 10.6 Å². The zero-order chi connectivity index (χ0) is 20.3. The second kappa shape index (κ2) is 8.04. The predicted molar refractivity (Wildman–Crippen MR) is 113 cm³/mol. The number of benzene rings is 3. The molecule has 0 saturated heterocycles. The Morgan fingerprint density at radius 3 is 2.39 bits per heavy atom. The molecule has 0 unspecified atom stereocenters. The summed E-state index contributed by atoms with van der Waals surface area (Å²) in [4.78, 5) is 12.6. The van der Waals surface area contributed by atoms with E-state index in [0.717, 1.165) is 11.1 Å². The number of carbonyl (C=O) groups is 1. The number of hydrogen-bond acceptors (Lipinski definition) is 3. The van der Waals surface area contributed by atoms with Crippen molar-refractivity contribution in [3.05, 3.63) is 88.4 Å². The summed E-state index contributed by atoms with van der Waals surface area (Å²) >= 11 is 5.90. The molecule has 0 radical (unpaired) electrons. The molecule has 7 heteroatoms. The van der Waals surface area contributed by atoms with Gasteiger partial charge in [0.25, 0.3) is 15.9 Å². The highest BCUT2D eigenvalue weighted by Gasteiger charge is 2.17. The summed E-state index contributed by atoms with van der Waals surface area (Å²) in [7, 11) is -3.86. The van der Waals surface area contributed by atoms with Gasteiger partial charge in [-0.25, -0.2) is 8.42 Å². The molecule has 0 saturated carbocycles. The van der Waals surface area contributed by atoms with E-state index in [1.807, 2.05) is 32.0 Å². The Kier molecular flexibility index (Phi) is 5.72. The van der Waals surface area contributed by atoms with Gasteiger partial charge in [0.1, 0.15) is 0 Å². The molecule has 28 heavy (non-hydrogen) atoms. The maximum Gasteiger partial charge on any atom is 0.261 e. The minimum absolute atomic E-state index is 0.0132. The van der Waals surface area contributed by atoms with Crippen molar-refractivity contribution in [3.8, 4) is 0 Å². The molecule has 3 aromatic carbocycles. The van der Waals surface area contributed by atoms with Crippen molar-refractivity contribution in [2.75, 3.05) is 10.0 Å². The third kappa shape index (κ3) is 4.71. The first-order chi connectivity index (χ1) is 13.2. The van der Waals surface area contributed by atoms with Gasteiger partial charge in [-0.1, -0.05) is 41.4 Å². The second-order valence-corrected chi connectivity index (χ2v) is 8.54. The Morgan fingerprint density at radius 2 is 1.68 bits per heavy atom. The molecule has 1 amide bonds. The predicted octanol–water partition coefficient (Wildman–Crippen LogP) is 5.01. The van der Waals surface area contributed by atoms with Gasteiger partial charge in [0, 0.05) is 16.3 Å². The summed E-state index contributed by atoms with van der Waals surface area (Å²) in [6, 6.07) is 18.0. The molecular formula is C21H19ClN2O3S. The summed E-state index contributed by atoms with van der Waals surface area (Å²) in [6.07, 6.45) is 0. The van der Waals surface area contributed by atoms with E-state index in [1.165, 1.54) is 24.3 Å². The summed E-state index contributed by atoms with van der Waals surface area (Å²) < 4.78 is 27.8. The number of amides is 1. The molecule has 3 rings (SSSR count). The Balaban J connectivity index is 1.83. The zero-order valence-electron chi connectivity index (χ0n) is 15.4. The minimum Gasteiger partial charge on any atom is -0.322 e. The van der Waals surface area contributed by atoms with Crippen LogP contribution in [-0.2, 0) is 10.0 Å². The lowest BCUT2D eigenvalue weighted by atomic mass is 10.1. The largest absolute Gasteiger partial charge is 0.322 e. The molecule has 0 fully saturated rings. The average molecular weight is 415 g/mol. The standard InChI is InChI=1S/C21H19ClN2O3S/c1-14-9-10-20(15(2)11-14)23-21(25)16-5-3-8-19(12-16)28(26,27)24-18-7-4-6-17(22)13-18/h3-13,24H,1-2H3,(H,23,25). The molecule has 0 atom stereocenters. The van der Waals surface area contributed by atoms with E-state index in [9.17, 15) is 13.2 Å². The van der Waals surface area contributed by atoms with Crippen LogP contribution in [0, 0.1) is 13.8 Å². The van der Waals surface area contributed by atoms with Gasteiger partial charge in [-0.05, 0) is 61.9 Å². The molecule has 0 bridgehead atoms. The number of aryl methyl sites for hydroxylation is 2. The minimum atomic E-state index is -3.86. The van der Waals surface area contributed by atoms with Crippen molar-refractivity contribution in [1.29, 1.82) is 0 Å². The second-order valence-electron chi connectivity index (χ2n) is 6.42. The number of carbonyl (C=O) groups excluding carboxylic acids is 1. The summed E-state index contributed by atoms with van der Waals surface area (Å²) in [5.41, 5.74) is 3.29. The van der Waals surface area contributed by atoms with Crippen LogP contribution in [-0.4, -0.2) is 14.3 Å². The fraction of sp³-hybridized carbons (Fsp3) is 0.0952. The number of nitrogens with one attached hydrogen (secondary N) is 2. The molecule has 0 spiro atoms. The molecule has 144 valence electrons. The quantitative estimate of drug-likeness (QED) is 0.616. The first-order valence-corrected chi connectivity index (χ1v) is 10.4. The normalized spacial score (nSPS) is 11.1. The lowest BCUT2D eigenvalue weighted by Gasteiger charge is -2.11. The maximum atomic E-state index is 12.7. The lowest BCUT2D eigenvalue weighted by molar-refractivity contribution is 0.102. The maximum absolute atomic E-state index is 12.7. The molecule has 2 N–H and O–H groups in total. The molecule has 0 heterocycles. The molecule has 0 aliphatic rings. The van der Waals surface area contributed by atoms with Gasteiger partial charge >= 0.3 is 0 Å². The van der Waals surface area contributed by atoms with Gasteiger partial charge in [0.15, 0.2) is 0 Å². The highest BCUT2D eigenvalue weighted by atomic mass is 35.5. The lowest BCUT2D eigenvalue weighted by Crippen LogP contribution is -2.16. The fourth-order valence-electron chi connectivity index (χ4n) is 2.72. The molecular weight excluding hydrogens is 396 g/mol. The molecule has 0 aliphatic carbocycles. The van der Waals surface area contributed by atoms with Crippen molar-refractivity contribution in [2.45, 2.75) is 18.7 Å². The van der Waals surface area contributed by atoms with Gasteiger partial charge < -0.3 is 5.32 Å². The monoisotopic (exact) mass is 414 g/mol. The Hall–Kier alpha value is -2.83. The topological polar surface area (TPSA) is 75.3 Å². The van der Waals surface area contributed by atoms with E-state index in [0.29, 0.717) is 16.4 Å². The van der Waals surface area contributed by atoms with E-state index in [-0.39, 0.29) is 16.4 Å². The summed E-state index contributed by atoms with van der Waals surface area (Å²) in [5, 5.41) is 3.24. The van der Waals surface area contributed by atoms with Crippen LogP contribution in [0.1, 0.15) is 21.5 Å². The summed E-state index contributed by atoms with van der Waals surface area (Å²) in [5.74, 6) is -0.383. The van der Waals surface area contributed by atoms with Gasteiger partial charge in [-0.2, -0.15) is 0 Å². The van der Waals surface area contributed by atoms with Gasteiger partial charge in [-0.15, -0.1) is 0 Å². The fourth-order valence-corrected chi connectivity index (χ4v) is 4.00. The smallest absolute Gasteiger partial charge is 0.261 e. The van der Waals surface area contributed by atoms with Gasteiger partial charge in [0.2, 0.25) is 0 Å². The Bertz CT molecular complexity index is 1140. The van der Waals surface area contributed by atoms with Crippen LogP contribution >= 0.6 is 11.6 Å². The van der Waals surface area contributed by atoms with Crippen molar-refractivity contribution < 1.29 is 13.2 Å². The van der Waals surface area contributed by atoms with E-state index < -0.39 is 10.0 Å². The Morgan fingerprint density at radius 1 is 0.929 bits per heavy atom. The third-order valence-corrected chi connectivity index (χ3v) is 5.73. The van der Waals surface area contributed by atoms with Gasteiger partial charge in [-0.3, -0.25) is 9.52 Å². The molecule has 0 aromatic heterocycles. The molecule has 3 aromatic rings. The van der Waals surface area contributed by atoms with E-state index in [2.05, 4.69) is 10.0 Å². The van der Waals surface area contributed by atoms with Crippen LogP contribution in [0.25, 0.3) is 0 Å². The van der Waals surface area contributed by atoms with Crippen LogP contribution < -0.4 is 10.0 Å². The van der Waals surface area contributed by atoms with Crippen LogP contribution in [0.5, 0.6) is 0 Å².